The first-order valence-electron chi connectivity index (χ1n) is 7.71. The van der Waals surface area contributed by atoms with Crippen molar-refractivity contribution in [1.29, 1.82) is 0 Å². The van der Waals surface area contributed by atoms with E-state index in [-0.39, 0.29) is 29.3 Å². The molecular formula is C15H23F2N3O2. The highest BCUT2D eigenvalue weighted by molar-refractivity contribution is 5.95. The van der Waals surface area contributed by atoms with Gasteiger partial charge in [0.1, 0.15) is 5.69 Å². The second-order valence-electron chi connectivity index (χ2n) is 6.30. The normalized spacial score (nSPS) is 22.3. The van der Waals surface area contributed by atoms with Gasteiger partial charge in [0.25, 0.3) is 12.3 Å². The Bertz CT molecular complexity index is 509. The molecule has 22 heavy (non-hydrogen) atoms. The van der Waals surface area contributed by atoms with Crippen LogP contribution in [0.3, 0.4) is 0 Å². The van der Waals surface area contributed by atoms with Gasteiger partial charge in [-0.2, -0.15) is 5.10 Å². The van der Waals surface area contributed by atoms with Crippen molar-refractivity contribution < 1.29 is 18.7 Å². The quantitative estimate of drug-likeness (QED) is 0.877. The molecule has 1 aromatic heterocycles. The molecule has 0 radical (unpaired) electrons. The fourth-order valence-corrected chi connectivity index (χ4v) is 2.77. The monoisotopic (exact) mass is 315 g/mol. The Morgan fingerprint density at radius 2 is 2.05 bits per heavy atom. The Balaban J connectivity index is 2.10. The van der Waals surface area contributed by atoms with Crippen LogP contribution in [0.25, 0.3) is 0 Å². The fourth-order valence-electron chi connectivity index (χ4n) is 2.77. The lowest BCUT2D eigenvalue weighted by Gasteiger charge is -2.26. The SMILES string of the molecule is CC(C)Cn1ncc(C(=O)NC2CCC(O)CC2)c1C(F)F. The minimum absolute atomic E-state index is 0.0539. The van der Waals surface area contributed by atoms with Crippen LogP contribution in [0.1, 0.15) is 62.0 Å². The molecule has 1 saturated carbocycles. The van der Waals surface area contributed by atoms with Crippen LogP contribution >= 0.6 is 0 Å². The molecule has 0 bridgehead atoms. The summed E-state index contributed by atoms with van der Waals surface area (Å²) in [6, 6.07) is -0.0742. The number of carbonyl (C=O) groups is 1. The average Bonchev–Trinajstić information content (AvgIpc) is 2.84. The third kappa shape index (κ3) is 4.03. The zero-order valence-electron chi connectivity index (χ0n) is 12.9. The molecule has 5 nitrogen and oxygen atoms in total. The van der Waals surface area contributed by atoms with E-state index in [1.165, 1.54) is 10.9 Å². The molecule has 0 spiro atoms. The van der Waals surface area contributed by atoms with Crippen molar-refractivity contribution in [2.45, 2.75) is 64.6 Å². The number of nitrogens with one attached hydrogen (secondary N) is 1. The Hall–Kier alpha value is -1.50. The number of halogens is 2. The van der Waals surface area contributed by atoms with Crippen molar-refractivity contribution in [3.63, 3.8) is 0 Å². The fraction of sp³-hybridized carbons (Fsp3) is 0.733. The van der Waals surface area contributed by atoms with E-state index in [1.54, 1.807) is 0 Å². The molecular weight excluding hydrogens is 292 g/mol. The highest BCUT2D eigenvalue weighted by atomic mass is 19.3. The van der Waals surface area contributed by atoms with Crippen LogP contribution in [0.4, 0.5) is 8.78 Å². The first-order chi connectivity index (χ1) is 10.4. The van der Waals surface area contributed by atoms with Gasteiger partial charge >= 0.3 is 0 Å². The summed E-state index contributed by atoms with van der Waals surface area (Å²) in [7, 11) is 0. The van der Waals surface area contributed by atoms with E-state index in [2.05, 4.69) is 10.4 Å². The van der Waals surface area contributed by atoms with Crippen molar-refractivity contribution in [1.82, 2.24) is 15.1 Å². The van der Waals surface area contributed by atoms with Gasteiger partial charge in [0.05, 0.1) is 17.9 Å². The lowest BCUT2D eigenvalue weighted by Crippen LogP contribution is -2.38. The van der Waals surface area contributed by atoms with Crippen molar-refractivity contribution in [3.8, 4) is 0 Å². The summed E-state index contributed by atoms with van der Waals surface area (Å²) in [4.78, 5) is 12.3. The molecule has 1 fully saturated rings. The zero-order valence-corrected chi connectivity index (χ0v) is 12.9. The van der Waals surface area contributed by atoms with Crippen molar-refractivity contribution in [3.05, 3.63) is 17.5 Å². The molecule has 2 rings (SSSR count). The maximum Gasteiger partial charge on any atom is 0.280 e. The summed E-state index contributed by atoms with van der Waals surface area (Å²) in [5.41, 5.74) is -0.371. The third-order valence-corrected chi connectivity index (χ3v) is 3.90. The minimum Gasteiger partial charge on any atom is -0.393 e. The second-order valence-corrected chi connectivity index (χ2v) is 6.30. The Kier molecular flexibility index (Phi) is 5.50. The molecule has 1 aromatic rings. The van der Waals surface area contributed by atoms with E-state index in [1.807, 2.05) is 13.8 Å². The Morgan fingerprint density at radius 3 is 2.59 bits per heavy atom. The van der Waals surface area contributed by atoms with E-state index < -0.39 is 12.3 Å². The third-order valence-electron chi connectivity index (χ3n) is 3.90. The molecule has 1 amide bonds. The van der Waals surface area contributed by atoms with E-state index in [0.717, 1.165) is 0 Å². The molecule has 0 aromatic carbocycles. The van der Waals surface area contributed by atoms with E-state index in [9.17, 15) is 18.7 Å². The number of rotatable bonds is 5. The molecule has 1 heterocycles. The highest BCUT2D eigenvalue weighted by Gasteiger charge is 2.27. The van der Waals surface area contributed by atoms with Crippen LogP contribution < -0.4 is 5.32 Å². The van der Waals surface area contributed by atoms with Crippen molar-refractivity contribution in [2.75, 3.05) is 0 Å². The Labute approximate surface area is 128 Å². The molecule has 0 saturated heterocycles. The maximum atomic E-state index is 13.3. The van der Waals surface area contributed by atoms with Gasteiger partial charge in [-0.1, -0.05) is 13.8 Å². The number of hydrogen-bond acceptors (Lipinski definition) is 3. The van der Waals surface area contributed by atoms with Gasteiger partial charge in [0.2, 0.25) is 0 Å². The lowest BCUT2D eigenvalue weighted by molar-refractivity contribution is 0.0854. The zero-order chi connectivity index (χ0) is 16.3. The van der Waals surface area contributed by atoms with Crippen LogP contribution in [0, 0.1) is 5.92 Å². The number of alkyl halides is 2. The van der Waals surface area contributed by atoms with Crippen LogP contribution in [0.5, 0.6) is 0 Å². The summed E-state index contributed by atoms with van der Waals surface area (Å²) in [6.07, 6.45) is 0.734. The van der Waals surface area contributed by atoms with Crippen LogP contribution in [-0.4, -0.2) is 32.9 Å². The minimum atomic E-state index is -2.74. The van der Waals surface area contributed by atoms with E-state index in [0.29, 0.717) is 32.2 Å². The standard InChI is InChI=1S/C15H23F2N3O2/c1-9(2)8-20-13(14(16)17)12(7-18-20)15(22)19-10-3-5-11(21)6-4-10/h7,9-11,14,21H,3-6,8H2,1-2H3,(H,19,22). The predicted molar refractivity (Wildman–Crippen MR) is 77.8 cm³/mol. The maximum absolute atomic E-state index is 13.3. The molecule has 7 heteroatoms. The van der Waals surface area contributed by atoms with Gasteiger partial charge in [0.15, 0.2) is 0 Å². The van der Waals surface area contributed by atoms with Gasteiger partial charge in [-0.15, -0.1) is 0 Å². The topological polar surface area (TPSA) is 67.2 Å². The molecule has 0 atom stereocenters. The van der Waals surface area contributed by atoms with E-state index in [4.69, 9.17) is 0 Å². The first-order valence-corrected chi connectivity index (χ1v) is 7.71. The summed E-state index contributed by atoms with van der Waals surface area (Å²) in [6.45, 7) is 4.16. The molecule has 124 valence electrons. The van der Waals surface area contributed by atoms with Gasteiger partial charge < -0.3 is 10.4 Å². The summed E-state index contributed by atoms with van der Waals surface area (Å²) in [5.74, 6) is -0.347. The smallest absolute Gasteiger partial charge is 0.280 e. The molecule has 1 aliphatic carbocycles. The number of carbonyl (C=O) groups excluding carboxylic acids is 1. The van der Waals surface area contributed by atoms with Gasteiger partial charge in [-0.25, -0.2) is 8.78 Å². The largest absolute Gasteiger partial charge is 0.393 e. The number of aliphatic hydroxyl groups excluding tert-OH is 1. The summed E-state index contributed by atoms with van der Waals surface area (Å²) in [5, 5.41) is 16.2. The average molecular weight is 315 g/mol. The van der Waals surface area contributed by atoms with Crippen molar-refractivity contribution >= 4 is 5.91 Å². The first kappa shape index (κ1) is 16.9. The van der Waals surface area contributed by atoms with Gasteiger partial charge in [0, 0.05) is 12.6 Å². The summed E-state index contributed by atoms with van der Waals surface area (Å²) < 4.78 is 27.8. The number of aliphatic hydroxyl groups is 1. The molecule has 0 aliphatic heterocycles. The van der Waals surface area contributed by atoms with Gasteiger partial charge in [-0.3, -0.25) is 9.48 Å². The van der Waals surface area contributed by atoms with Crippen LogP contribution in [0.15, 0.2) is 6.20 Å². The second kappa shape index (κ2) is 7.17. The number of hydrogen-bond donors (Lipinski definition) is 2. The number of nitrogens with zero attached hydrogens (tertiary/aromatic N) is 2. The van der Waals surface area contributed by atoms with Crippen LogP contribution in [0.2, 0.25) is 0 Å². The number of amides is 1. The van der Waals surface area contributed by atoms with Crippen LogP contribution in [-0.2, 0) is 6.54 Å². The highest BCUT2D eigenvalue weighted by Crippen LogP contribution is 2.25. The van der Waals surface area contributed by atoms with Gasteiger partial charge in [-0.05, 0) is 31.6 Å². The summed E-state index contributed by atoms with van der Waals surface area (Å²) >= 11 is 0. The molecule has 2 N–H and O–H groups in total. The Morgan fingerprint density at radius 1 is 1.41 bits per heavy atom. The lowest BCUT2D eigenvalue weighted by atomic mass is 9.93. The number of aromatic nitrogens is 2. The van der Waals surface area contributed by atoms with Crippen molar-refractivity contribution in [2.24, 2.45) is 5.92 Å². The predicted octanol–water partition coefficient (Wildman–Crippen LogP) is 2.51. The van der Waals surface area contributed by atoms with E-state index >= 15 is 0 Å². The molecule has 0 unspecified atom stereocenters. The molecule has 1 aliphatic rings.